The lowest BCUT2D eigenvalue weighted by atomic mass is 10.3. The van der Waals surface area contributed by atoms with E-state index >= 15 is 0 Å². The molecule has 4 heteroatoms. The van der Waals surface area contributed by atoms with Crippen LogP contribution in [0.4, 0.5) is 0 Å². The van der Waals surface area contributed by atoms with Crippen molar-refractivity contribution in [3.63, 3.8) is 0 Å². The third-order valence-electron chi connectivity index (χ3n) is 2.76. The van der Waals surface area contributed by atoms with Gasteiger partial charge in [-0.2, -0.15) is 0 Å². The predicted octanol–water partition coefficient (Wildman–Crippen LogP) is 2.51. The molecule has 0 bridgehead atoms. The van der Waals surface area contributed by atoms with Gasteiger partial charge in [0.25, 0.3) is 0 Å². The van der Waals surface area contributed by atoms with Gasteiger partial charge in [-0.25, -0.2) is 0 Å². The van der Waals surface area contributed by atoms with Crippen LogP contribution < -0.4 is 0 Å². The summed E-state index contributed by atoms with van der Waals surface area (Å²) in [5.41, 5.74) is -0.158. The quantitative estimate of drug-likeness (QED) is 0.740. The molecule has 0 aromatic rings. The summed E-state index contributed by atoms with van der Waals surface area (Å²) < 4.78 is 0. The fourth-order valence-corrected chi connectivity index (χ4v) is 6.79. The molecular formula is C9H17O2PS. The first-order valence-electron chi connectivity index (χ1n) is 4.90. The van der Waals surface area contributed by atoms with Gasteiger partial charge in [-0.05, 0) is 37.6 Å². The van der Waals surface area contributed by atoms with Gasteiger partial charge in [0.2, 0.25) is 0 Å². The highest BCUT2D eigenvalue weighted by Gasteiger charge is 2.37. The van der Waals surface area contributed by atoms with Crippen LogP contribution in [-0.2, 0) is 16.6 Å². The summed E-state index contributed by atoms with van der Waals surface area (Å²) in [6.45, 7) is 2.13. The molecule has 0 spiro atoms. The molecule has 0 unspecified atom stereocenters. The lowest BCUT2D eigenvalue weighted by molar-refractivity contribution is -0.136. The molecule has 1 heterocycles. The summed E-state index contributed by atoms with van der Waals surface area (Å²) in [6, 6.07) is -1.52. The van der Waals surface area contributed by atoms with Gasteiger partial charge in [0, 0.05) is 0 Å². The maximum atomic E-state index is 10.9. The first kappa shape index (κ1) is 11.2. The summed E-state index contributed by atoms with van der Waals surface area (Å²) in [4.78, 5) is 10.9. The van der Waals surface area contributed by atoms with Crippen LogP contribution in [0.1, 0.15) is 32.6 Å². The van der Waals surface area contributed by atoms with Crippen molar-refractivity contribution in [2.75, 3.05) is 12.3 Å². The molecule has 1 fully saturated rings. The van der Waals surface area contributed by atoms with Crippen molar-refractivity contribution < 1.29 is 9.90 Å². The van der Waals surface area contributed by atoms with Crippen LogP contribution >= 0.6 is 6.04 Å². The van der Waals surface area contributed by atoms with Crippen LogP contribution in [0.15, 0.2) is 0 Å². The lowest BCUT2D eigenvalue weighted by Crippen LogP contribution is -2.17. The van der Waals surface area contributed by atoms with E-state index in [0.29, 0.717) is 0 Å². The Balaban J connectivity index is 2.64. The second kappa shape index (κ2) is 4.56. The van der Waals surface area contributed by atoms with E-state index in [1.165, 1.54) is 0 Å². The average molecular weight is 220 g/mol. The van der Waals surface area contributed by atoms with E-state index in [-0.39, 0.29) is 5.66 Å². The number of rotatable bonds is 4. The van der Waals surface area contributed by atoms with Crippen molar-refractivity contribution in [3.8, 4) is 0 Å². The first-order chi connectivity index (χ1) is 6.10. The van der Waals surface area contributed by atoms with Gasteiger partial charge in [-0.15, -0.1) is 0 Å². The van der Waals surface area contributed by atoms with Gasteiger partial charge >= 0.3 is 5.97 Å². The minimum absolute atomic E-state index is 0.158. The number of carboxylic acid groups (broad SMARTS) is 1. The van der Waals surface area contributed by atoms with E-state index in [1.807, 2.05) is 0 Å². The Kier molecular flexibility index (Phi) is 3.93. The highest BCUT2D eigenvalue weighted by molar-refractivity contribution is 8.15. The van der Waals surface area contributed by atoms with Crippen molar-refractivity contribution in [1.82, 2.24) is 0 Å². The van der Waals surface area contributed by atoms with Crippen LogP contribution in [0.2, 0.25) is 0 Å². The monoisotopic (exact) mass is 220 g/mol. The number of carboxylic acids is 1. The van der Waals surface area contributed by atoms with E-state index in [9.17, 15) is 4.79 Å². The Morgan fingerprint density at radius 1 is 1.69 bits per heavy atom. The smallest absolute Gasteiger partial charge is 0.311 e. The zero-order valence-electron chi connectivity index (χ0n) is 8.03. The molecule has 76 valence electrons. The molecule has 1 N–H and O–H groups in total. The molecule has 1 aliphatic heterocycles. The third kappa shape index (κ3) is 2.54. The van der Waals surface area contributed by atoms with Gasteiger partial charge in [0.1, 0.15) is 0 Å². The Morgan fingerprint density at radius 3 is 2.92 bits per heavy atom. The zero-order valence-corrected chi connectivity index (χ0v) is 9.74. The van der Waals surface area contributed by atoms with E-state index in [2.05, 4.69) is 6.92 Å². The van der Waals surface area contributed by atoms with Gasteiger partial charge in [-0.3, -0.25) is 4.79 Å². The van der Waals surface area contributed by atoms with E-state index in [4.69, 9.17) is 16.9 Å². The van der Waals surface area contributed by atoms with Crippen LogP contribution in [0.3, 0.4) is 0 Å². The van der Waals surface area contributed by atoms with Crippen molar-refractivity contribution in [1.29, 1.82) is 0 Å². The fourth-order valence-electron chi connectivity index (χ4n) is 1.96. The topological polar surface area (TPSA) is 37.3 Å². The molecule has 1 saturated heterocycles. The zero-order chi connectivity index (χ0) is 9.90. The highest BCUT2D eigenvalue weighted by atomic mass is 32.4. The third-order valence-corrected chi connectivity index (χ3v) is 8.38. The van der Waals surface area contributed by atoms with Gasteiger partial charge in [-0.1, -0.05) is 25.2 Å². The normalized spacial score (nSPS) is 33.5. The number of unbranched alkanes of at least 4 members (excludes halogenated alkanes) is 1. The molecule has 0 amide bonds. The second-order valence-electron chi connectivity index (χ2n) is 3.75. The van der Waals surface area contributed by atoms with E-state index in [0.717, 1.165) is 38.0 Å². The minimum atomic E-state index is -1.52. The second-order valence-corrected chi connectivity index (χ2v) is 9.35. The fraction of sp³-hybridized carbons (Fsp3) is 0.889. The average Bonchev–Trinajstić information content (AvgIpc) is 2.44. The maximum Gasteiger partial charge on any atom is 0.311 e. The van der Waals surface area contributed by atoms with Crippen molar-refractivity contribution in [2.45, 2.75) is 38.3 Å². The van der Waals surface area contributed by atoms with Gasteiger partial charge in [0.15, 0.2) is 0 Å². The molecular weight excluding hydrogens is 203 g/mol. The van der Waals surface area contributed by atoms with Crippen LogP contribution in [0, 0.1) is 0 Å². The standard InChI is InChI=1S/C9H17O2PS/c1-2-3-6-12(13)7-4-5-8(12)9(10)11/h8H,2-7H2,1H3,(H,10,11)/t8-,12-/m1/s1. The Bertz CT molecular complexity index is 240. The lowest BCUT2D eigenvalue weighted by Gasteiger charge is -2.20. The van der Waals surface area contributed by atoms with Crippen LogP contribution in [0.25, 0.3) is 0 Å². The summed E-state index contributed by atoms with van der Waals surface area (Å²) in [5.74, 6) is -0.642. The number of carbonyl (C=O) groups is 1. The van der Waals surface area contributed by atoms with Crippen LogP contribution in [0.5, 0.6) is 0 Å². The molecule has 0 aromatic heterocycles. The van der Waals surface area contributed by atoms with Crippen LogP contribution in [-0.4, -0.2) is 29.1 Å². The Morgan fingerprint density at radius 2 is 2.38 bits per heavy atom. The molecule has 1 rings (SSSR count). The highest BCUT2D eigenvalue weighted by Crippen LogP contribution is 2.58. The summed E-state index contributed by atoms with van der Waals surface area (Å²) >= 11 is 5.56. The van der Waals surface area contributed by atoms with Crippen molar-refractivity contribution in [3.05, 3.63) is 0 Å². The summed E-state index contributed by atoms with van der Waals surface area (Å²) in [6.07, 6.45) is 6.15. The summed E-state index contributed by atoms with van der Waals surface area (Å²) in [5, 5.41) is 9.01. The molecule has 0 aromatic carbocycles. The molecule has 1 aliphatic rings. The first-order valence-corrected chi connectivity index (χ1v) is 8.15. The molecule has 0 saturated carbocycles. The SMILES string of the molecule is CCCC[P@@]1(=S)CCC[C@@H]1C(=O)O. The minimum Gasteiger partial charge on any atom is -0.481 e. The number of hydrogen-bond donors (Lipinski definition) is 1. The number of hydrogen-bond acceptors (Lipinski definition) is 2. The largest absolute Gasteiger partial charge is 0.481 e. The molecule has 0 radical (unpaired) electrons. The van der Waals surface area contributed by atoms with Crippen molar-refractivity contribution in [2.24, 2.45) is 0 Å². The number of aliphatic carboxylic acids is 1. The Hall–Kier alpha value is 0.120. The molecule has 0 aliphatic carbocycles. The predicted molar refractivity (Wildman–Crippen MR) is 59.6 cm³/mol. The van der Waals surface area contributed by atoms with Crippen molar-refractivity contribution >= 4 is 23.8 Å². The summed E-state index contributed by atoms with van der Waals surface area (Å²) in [7, 11) is 0. The van der Waals surface area contributed by atoms with Gasteiger partial charge < -0.3 is 5.11 Å². The molecule has 2 atom stereocenters. The Labute approximate surface area is 84.7 Å². The van der Waals surface area contributed by atoms with Gasteiger partial charge in [0.05, 0.1) is 5.66 Å². The van der Waals surface area contributed by atoms with E-state index in [1.54, 1.807) is 0 Å². The molecule has 13 heavy (non-hydrogen) atoms. The maximum absolute atomic E-state index is 10.9. The van der Waals surface area contributed by atoms with E-state index < -0.39 is 12.0 Å². The molecule has 2 nitrogen and oxygen atoms in total.